The first kappa shape index (κ1) is 27.8. The number of aryl methyl sites for hydroxylation is 2. The number of hydrogen-bond donors (Lipinski definition) is 2. The maximum atomic E-state index is 11.0. The fourth-order valence-electron chi connectivity index (χ4n) is 4.84. The molecule has 0 atom stereocenters. The number of phenols is 2. The van der Waals surface area contributed by atoms with Gasteiger partial charge in [0.2, 0.25) is 0 Å². The van der Waals surface area contributed by atoms with Gasteiger partial charge in [0.1, 0.15) is 33.4 Å². The van der Waals surface area contributed by atoms with Gasteiger partial charge in [0.05, 0.1) is 0 Å². The van der Waals surface area contributed by atoms with Gasteiger partial charge in [0.15, 0.2) is 11.5 Å². The van der Waals surface area contributed by atoms with E-state index in [0.29, 0.717) is 35.6 Å². The highest BCUT2D eigenvalue weighted by Crippen LogP contribution is 2.29. The van der Waals surface area contributed by atoms with Gasteiger partial charge in [-0.2, -0.15) is 0 Å². The van der Waals surface area contributed by atoms with Crippen molar-refractivity contribution in [1.82, 2.24) is 30.0 Å². The largest absolute Gasteiger partial charge is 0.505 e. The van der Waals surface area contributed by atoms with Crippen LogP contribution >= 0.6 is 0 Å². The van der Waals surface area contributed by atoms with Crippen LogP contribution in [0.25, 0.3) is 33.4 Å². The van der Waals surface area contributed by atoms with Crippen molar-refractivity contribution >= 4 is 34.5 Å². The standard InChI is InChI=1S/C33H32N8O2/c1-21-13-23(31(42)29(15-21)40-36-25-9-5-6-10-26(25)37-40)17-34-19-33(3,4)20-35-18-24-14-22(2)16-30(32(24)43)41-38-27-11-7-8-12-28(27)39-41/h5-18,42-43H,19-20H2,1-4H3. The summed E-state index contributed by atoms with van der Waals surface area (Å²) >= 11 is 0. The molecule has 0 spiro atoms. The van der Waals surface area contributed by atoms with Crippen molar-refractivity contribution in [2.75, 3.05) is 13.1 Å². The van der Waals surface area contributed by atoms with Crippen LogP contribution in [-0.2, 0) is 0 Å². The molecule has 2 heterocycles. The van der Waals surface area contributed by atoms with Crippen LogP contribution in [0.15, 0.2) is 82.8 Å². The number of fused-ring (bicyclic) bond motifs is 2. The van der Waals surface area contributed by atoms with E-state index in [1.807, 2.05) is 86.6 Å². The van der Waals surface area contributed by atoms with E-state index >= 15 is 0 Å². The Bertz CT molecular complexity index is 1810. The highest BCUT2D eigenvalue weighted by atomic mass is 16.3. The lowest BCUT2D eigenvalue weighted by molar-refractivity contribution is 0.396. The molecule has 0 aliphatic rings. The number of rotatable bonds is 8. The molecule has 0 aliphatic heterocycles. The predicted molar refractivity (Wildman–Crippen MR) is 169 cm³/mol. The average molecular weight is 573 g/mol. The van der Waals surface area contributed by atoms with Gasteiger partial charge in [-0.05, 0) is 73.5 Å². The van der Waals surface area contributed by atoms with E-state index in [1.165, 1.54) is 9.59 Å². The summed E-state index contributed by atoms with van der Waals surface area (Å²) in [5.74, 6) is 0.131. The van der Waals surface area contributed by atoms with Gasteiger partial charge >= 0.3 is 0 Å². The summed E-state index contributed by atoms with van der Waals surface area (Å²) in [7, 11) is 0. The van der Waals surface area contributed by atoms with Crippen molar-refractivity contribution in [3.8, 4) is 22.9 Å². The number of nitrogens with zero attached hydrogens (tertiary/aromatic N) is 8. The first-order valence-corrected chi connectivity index (χ1v) is 14.0. The van der Waals surface area contributed by atoms with Gasteiger partial charge in [0, 0.05) is 42.1 Å². The zero-order valence-electron chi connectivity index (χ0n) is 24.5. The van der Waals surface area contributed by atoms with E-state index < -0.39 is 0 Å². The molecule has 43 heavy (non-hydrogen) atoms. The Morgan fingerprint density at radius 2 is 0.977 bits per heavy atom. The Morgan fingerprint density at radius 3 is 1.33 bits per heavy atom. The minimum absolute atomic E-state index is 0.0655. The van der Waals surface area contributed by atoms with Crippen LogP contribution in [0.2, 0.25) is 0 Å². The normalized spacial score (nSPS) is 12.4. The Labute approximate surface area is 248 Å². The van der Waals surface area contributed by atoms with Crippen LogP contribution in [0.5, 0.6) is 11.5 Å². The molecular weight excluding hydrogens is 540 g/mol. The first-order chi connectivity index (χ1) is 20.7. The lowest BCUT2D eigenvalue weighted by atomic mass is 9.94. The molecule has 10 nitrogen and oxygen atoms in total. The second kappa shape index (κ2) is 11.1. The summed E-state index contributed by atoms with van der Waals surface area (Å²) in [5.41, 5.74) is 6.82. The monoisotopic (exact) mass is 572 g/mol. The van der Waals surface area contributed by atoms with Gasteiger partial charge < -0.3 is 10.2 Å². The number of aliphatic imine (C=N–C) groups is 2. The Morgan fingerprint density at radius 1 is 0.628 bits per heavy atom. The van der Waals surface area contributed by atoms with E-state index in [4.69, 9.17) is 0 Å². The molecule has 4 aromatic carbocycles. The molecular formula is C33H32N8O2. The molecule has 0 unspecified atom stereocenters. The van der Waals surface area contributed by atoms with E-state index in [1.54, 1.807) is 12.4 Å². The van der Waals surface area contributed by atoms with Crippen molar-refractivity contribution in [3.63, 3.8) is 0 Å². The molecule has 0 saturated carbocycles. The molecule has 0 saturated heterocycles. The van der Waals surface area contributed by atoms with Gasteiger partial charge in [-0.1, -0.05) is 38.1 Å². The average Bonchev–Trinajstić information content (AvgIpc) is 3.60. The van der Waals surface area contributed by atoms with Crippen LogP contribution in [0.3, 0.4) is 0 Å². The van der Waals surface area contributed by atoms with E-state index in [2.05, 4.69) is 44.2 Å². The highest BCUT2D eigenvalue weighted by Gasteiger charge is 2.18. The summed E-state index contributed by atoms with van der Waals surface area (Å²) in [4.78, 5) is 12.2. The molecule has 216 valence electrons. The molecule has 0 fully saturated rings. The summed E-state index contributed by atoms with van der Waals surface area (Å²) in [6.45, 7) is 9.02. The summed E-state index contributed by atoms with van der Waals surface area (Å²) in [6.07, 6.45) is 3.36. The minimum Gasteiger partial charge on any atom is -0.505 e. The van der Waals surface area contributed by atoms with E-state index in [0.717, 1.165) is 33.2 Å². The number of phenolic OH excluding ortho intramolecular Hbond substituents is 2. The second-order valence-electron chi connectivity index (χ2n) is 11.5. The SMILES string of the molecule is Cc1cc(C=NCC(C)(C)CN=Cc2cc(C)cc(-n3nc4ccccc4n3)c2O)c(O)c(-n2nc3ccccc3n2)c1. The van der Waals surface area contributed by atoms with Gasteiger partial charge in [-0.3, -0.25) is 9.98 Å². The summed E-state index contributed by atoms with van der Waals surface area (Å²) in [5, 5.41) is 40.1. The van der Waals surface area contributed by atoms with Crippen LogP contribution in [-0.4, -0.2) is 65.7 Å². The van der Waals surface area contributed by atoms with Gasteiger partial charge in [0.25, 0.3) is 0 Å². The lowest BCUT2D eigenvalue weighted by Crippen LogP contribution is -2.20. The predicted octanol–water partition coefficient (Wildman–Crippen LogP) is 5.75. The molecule has 6 aromatic rings. The molecule has 0 bridgehead atoms. The van der Waals surface area contributed by atoms with E-state index in [9.17, 15) is 10.2 Å². The first-order valence-electron chi connectivity index (χ1n) is 14.0. The minimum atomic E-state index is -0.278. The fourth-order valence-corrected chi connectivity index (χ4v) is 4.84. The smallest absolute Gasteiger partial charge is 0.151 e. The number of aromatic hydroxyl groups is 2. The van der Waals surface area contributed by atoms with Crippen LogP contribution < -0.4 is 0 Å². The number of benzene rings is 4. The Balaban J connectivity index is 1.17. The fraction of sp³-hybridized carbons (Fsp3) is 0.212. The third kappa shape index (κ3) is 5.85. The molecule has 2 aromatic heterocycles. The van der Waals surface area contributed by atoms with Crippen molar-refractivity contribution < 1.29 is 10.2 Å². The van der Waals surface area contributed by atoms with Crippen LogP contribution in [0.4, 0.5) is 0 Å². The van der Waals surface area contributed by atoms with Gasteiger partial charge in [-0.25, -0.2) is 0 Å². The number of aromatic nitrogens is 6. The quantitative estimate of drug-likeness (QED) is 0.224. The molecule has 0 aliphatic carbocycles. The molecule has 0 amide bonds. The third-order valence-corrected chi connectivity index (χ3v) is 7.03. The van der Waals surface area contributed by atoms with Crippen molar-refractivity contribution in [2.45, 2.75) is 27.7 Å². The van der Waals surface area contributed by atoms with Crippen molar-refractivity contribution in [2.24, 2.45) is 15.4 Å². The number of hydrogen-bond acceptors (Lipinski definition) is 8. The van der Waals surface area contributed by atoms with Crippen LogP contribution in [0, 0.1) is 19.3 Å². The lowest BCUT2D eigenvalue weighted by Gasteiger charge is -2.19. The molecule has 2 N–H and O–H groups in total. The van der Waals surface area contributed by atoms with Gasteiger partial charge in [-0.15, -0.1) is 30.0 Å². The maximum absolute atomic E-state index is 11.0. The van der Waals surface area contributed by atoms with Crippen molar-refractivity contribution in [1.29, 1.82) is 0 Å². The Hall–Kier alpha value is -5.38. The molecule has 0 radical (unpaired) electrons. The zero-order chi connectivity index (χ0) is 30.1. The maximum Gasteiger partial charge on any atom is 0.151 e. The van der Waals surface area contributed by atoms with E-state index in [-0.39, 0.29) is 16.9 Å². The topological polar surface area (TPSA) is 127 Å². The highest BCUT2D eigenvalue weighted by molar-refractivity contribution is 5.87. The second-order valence-corrected chi connectivity index (χ2v) is 11.5. The zero-order valence-corrected chi connectivity index (χ0v) is 24.5. The molecule has 6 rings (SSSR count). The molecule has 10 heteroatoms. The third-order valence-electron chi connectivity index (χ3n) is 7.03. The Kier molecular flexibility index (Phi) is 7.19. The summed E-state index contributed by atoms with van der Waals surface area (Å²) in [6, 6.07) is 22.6. The van der Waals surface area contributed by atoms with Crippen molar-refractivity contribution in [3.05, 3.63) is 95.1 Å². The summed E-state index contributed by atoms with van der Waals surface area (Å²) < 4.78 is 0. The van der Waals surface area contributed by atoms with Crippen LogP contribution in [0.1, 0.15) is 36.1 Å².